The lowest BCUT2D eigenvalue weighted by Crippen LogP contribution is -2.29. The zero-order chi connectivity index (χ0) is 12.8. The number of aromatic nitrogens is 3. The Balaban J connectivity index is 2.40. The third-order valence-electron chi connectivity index (χ3n) is 2.43. The Morgan fingerprint density at radius 3 is 2.76 bits per heavy atom. The van der Waals surface area contributed by atoms with Crippen LogP contribution < -0.4 is 5.84 Å². The zero-order valence-electron chi connectivity index (χ0n) is 10.5. The highest BCUT2D eigenvalue weighted by Crippen LogP contribution is 2.14. The summed E-state index contributed by atoms with van der Waals surface area (Å²) in [5.74, 6) is 6.76. The number of thioether (sulfide) groups is 1. The van der Waals surface area contributed by atoms with Gasteiger partial charge in [-0.1, -0.05) is 25.1 Å². The first-order valence-electron chi connectivity index (χ1n) is 5.60. The number of aryl methyl sites for hydroxylation is 1. The van der Waals surface area contributed by atoms with Gasteiger partial charge in [0.15, 0.2) is 0 Å². The Morgan fingerprint density at radius 2 is 2.24 bits per heavy atom. The lowest BCUT2D eigenvalue weighted by Gasteiger charge is -2.15. The number of hydrogen-bond donors (Lipinski definition) is 1. The molecule has 0 spiro atoms. The number of nitrogen functional groups attached to an aromatic ring is 1. The van der Waals surface area contributed by atoms with Gasteiger partial charge in [0.05, 0.1) is 5.75 Å². The Hall–Kier alpha value is -1.24. The fourth-order valence-corrected chi connectivity index (χ4v) is 2.05. The Kier molecular flexibility index (Phi) is 5.27. The minimum absolute atomic E-state index is 0.0871. The second-order valence-electron chi connectivity index (χ2n) is 3.86. The van der Waals surface area contributed by atoms with E-state index in [2.05, 4.69) is 17.1 Å². The average Bonchev–Trinajstić information content (AvgIpc) is 2.64. The van der Waals surface area contributed by atoms with Gasteiger partial charge < -0.3 is 10.7 Å². The van der Waals surface area contributed by atoms with E-state index >= 15 is 0 Å². The minimum Gasteiger partial charge on any atom is -0.345 e. The van der Waals surface area contributed by atoms with Crippen molar-refractivity contribution in [2.45, 2.75) is 31.8 Å². The second-order valence-corrected chi connectivity index (χ2v) is 4.80. The van der Waals surface area contributed by atoms with Crippen molar-refractivity contribution in [1.82, 2.24) is 19.8 Å². The molecular weight excluding hydrogens is 238 g/mol. The van der Waals surface area contributed by atoms with Crippen LogP contribution in [0, 0.1) is 6.92 Å². The topological polar surface area (TPSA) is 77.0 Å². The number of carbonyl (C=O) groups excluding carboxylic acids is 1. The summed E-state index contributed by atoms with van der Waals surface area (Å²) in [6.07, 6.45) is 2.11. The summed E-state index contributed by atoms with van der Waals surface area (Å²) in [6, 6.07) is 0. The van der Waals surface area contributed by atoms with Gasteiger partial charge in [-0.3, -0.25) is 4.79 Å². The molecule has 1 heterocycles. The van der Waals surface area contributed by atoms with Crippen LogP contribution in [0.15, 0.2) is 5.16 Å². The normalized spacial score (nSPS) is 10.5. The molecule has 2 N–H and O–H groups in total. The maximum absolute atomic E-state index is 11.7. The largest absolute Gasteiger partial charge is 0.345 e. The third-order valence-corrected chi connectivity index (χ3v) is 3.36. The van der Waals surface area contributed by atoms with Crippen molar-refractivity contribution in [2.24, 2.45) is 0 Å². The van der Waals surface area contributed by atoms with E-state index in [4.69, 9.17) is 5.84 Å². The van der Waals surface area contributed by atoms with Gasteiger partial charge in [0.2, 0.25) is 11.1 Å². The maximum atomic E-state index is 11.7. The molecule has 0 radical (unpaired) electrons. The smallest absolute Gasteiger partial charge is 0.232 e. The van der Waals surface area contributed by atoms with Gasteiger partial charge in [0.25, 0.3) is 0 Å². The lowest BCUT2D eigenvalue weighted by atomic mass is 10.3. The molecule has 0 unspecified atom stereocenters. The number of unbranched alkanes of at least 4 members (excludes halogenated alkanes) is 1. The monoisotopic (exact) mass is 257 g/mol. The zero-order valence-corrected chi connectivity index (χ0v) is 11.3. The van der Waals surface area contributed by atoms with E-state index in [9.17, 15) is 4.79 Å². The Bertz CT molecular complexity index is 379. The van der Waals surface area contributed by atoms with Crippen molar-refractivity contribution in [3.05, 3.63) is 5.82 Å². The van der Waals surface area contributed by atoms with Crippen molar-refractivity contribution in [2.75, 3.05) is 25.2 Å². The van der Waals surface area contributed by atoms with Crippen molar-refractivity contribution in [3.63, 3.8) is 0 Å². The van der Waals surface area contributed by atoms with E-state index in [1.54, 1.807) is 11.8 Å². The Labute approximate surface area is 106 Å². The van der Waals surface area contributed by atoms with E-state index in [0.717, 1.165) is 19.4 Å². The highest BCUT2D eigenvalue weighted by Gasteiger charge is 2.12. The van der Waals surface area contributed by atoms with Crippen LogP contribution in [0.3, 0.4) is 0 Å². The van der Waals surface area contributed by atoms with Crippen LogP contribution >= 0.6 is 11.8 Å². The summed E-state index contributed by atoms with van der Waals surface area (Å²) in [5, 5.41) is 8.29. The van der Waals surface area contributed by atoms with Crippen molar-refractivity contribution < 1.29 is 4.79 Å². The minimum atomic E-state index is 0.0871. The highest BCUT2D eigenvalue weighted by atomic mass is 32.2. The predicted molar refractivity (Wildman–Crippen MR) is 68.2 cm³/mol. The number of rotatable bonds is 6. The number of hydrogen-bond acceptors (Lipinski definition) is 5. The molecule has 7 heteroatoms. The number of nitrogens with zero attached hydrogens (tertiary/aromatic N) is 4. The summed E-state index contributed by atoms with van der Waals surface area (Å²) >= 11 is 1.31. The SMILES string of the molecule is CCCCN(C)C(=O)CSc1nnc(C)n1N. The lowest BCUT2D eigenvalue weighted by molar-refractivity contribution is -0.127. The number of nitrogens with two attached hydrogens (primary N) is 1. The molecule has 17 heavy (non-hydrogen) atoms. The molecule has 0 saturated heterocycles. The molecule has 0 aromatic carbocycles. The van der Waals surface area contributed by atoms with E-state index in [1.165, 1.54) is 16.4 Å². The van der Waals surface area contributed by atoms with Gasteiger partial charge in [0.1, 0.15) is 5.82 Å². The molecule has 0 atom stereocenters. The van der Waals surface area contributed by atoms with Gasteiger partial charge in [-0.2, -0.15) is 0 Å². The third kappa shape index (κ3) is 3.92. The fraction of sp³-hybridized carbons (Fsp3) is 0.700. The molecule has 0 aliphatic rings. The van der Waals surface area contributed by atoms with Crippen LogP contribution in [0.2, 0.25) is 0 Å². The first-order valence-corrected chi connectivity index (χ1v) is 6.58. The molecule has 0 saturated carbocycles. The first kappa shape index (κ1) is 13.8. The van der Waals surface area contributed by atoms with Crippen LogP contribution in [0.5, 0.6) is 0 Å². The summed E-state index contributed by atoms with van der Waals surface area (Å²) in [4.78, 5) is 13.5. The van der Waals surface area contributed by atoms with Crippen molar-refractivity contribution in [3.8, 4) is 0 Å². The summed E-state index contributed by atoms with van der Waals surface area (Å²) in [5.41, 5.74) is 0. The van der Waals surface area contributed by atoms with Crippen molar-refractivity contribution in [1.29, 1.82) is 0 Å². The molecule has 6 nitrogen and oxygen atoms in total. The van der Waals surface area contributed by atoms with Crippen LogP contribution in [-0.4, -0.2) is 45.0 Å². The van der Waals surface area contributed by atoms with E-state index in [-0.39, 0.29) is 5.91 Å². The summed E-state index contributed by atoms with van der Waals surface area (Å²) in [6.45, 7) is 4.67. The molecule has 0 bridgehead atoms. The van der Waals surface area contributed by atoms with Gasteiger partial charge >= 0.3 is 0 Å². The van der Waals surface area contributed by atoms with Gasteiger partial charge in [-0.05, 0) is 13.3 Å². The van der Waals surface area contributed by atoms with E-state index in [1.807, 2.05) is 7.05 Å². The molecule has 1 aromatic rings. The molecular formula is C10H19N5OS. The molecule has 96 valence electrons. The molecule has 1 rings (SSSR count). The molecule has 1 aromatic heterocycles. The summed E-state index contributed by atoms with van der Waals surface area (Å²) in [7, 11) is 1.82. The van der Waals surface area contributed by atoms with E-state index < -0.39 is 0 Å². The number of carbonyl (C=O) groups is 1. The average molecular weight is 257 g/mol. The van der Waals surface area contributed by atoms with Crippen LogP contribution in [-0.2, 0) is 4.79 Å². The van der Waals surface area contributed by atoms with Gasteiger partial charge in [0, 0.05) is 13.6 Å². The van der Waals surface area contributed by atoms with Gasteiger partial charge in [-0.25, -0.2) is 4.68 Å². The summed E-state index contributed by atoms with van der Waals surface area (Å²) < 4.78 is 1.39. The Morgan fingerprint density at radius 1 is 1.53 bits per heavy atom. The molecule has 0 aliphatic carbocycles. The van der Waals surface area contributed by atoms with Crippen LogP contribution in [0.1, 0.15) is 25.6 Å². The fourth-order valence-electron chi connectivity index (χ4n) is 1.20. The van der Waals surface area contributed by atoms with Crippen molar-refractivity contribution >= 4 is 17.7 Å². The second kappa shape index (κ2) is 6.48. The molecule has 1 amide bonds. The van der Waals surface area contributed by atoms with Gasteiger partial charge in [-0.15, -0.1) is 10.2 Å². The van der Waals surface area contributed by atoms with Crippen LogP contribution in [0.4, 0.5) is 0 Å². The maximum Gasteiger partial charge on any atom is 0.232 e. The van der Waals surface area contributed by atoms with E-state index in [0.29, 0.717) is 16.7 Å². The highest BCUT2D eigenvalue weighted by molar-refractivity contribution is 7.99. The standard InChI is InChI=1S/C10H19N5OS/c1-4-5-6-14(3)9(16)7-17-10-13-12-8(2)15(10)11/h4-7,11H2,1-3H3. The first-order chi connectivity index (χ1) is 8.06. The van der Waals surface area contributed by atoms with Crippen LogP contribution in [0.25, 0.3) is 0 Å². The molecule has 0 fully saturated rings. The predicted octanol–water partition coefficient (Wildman–Crippen LogP) is 0.651. The molecule has 0 aliphatic heterocycles. The quantitative estimate of drug-likeness (QED) is 0.598. The number of amides is 1.